The van der Waals surface area contributed by atoms with Crippen LogP contribution in [-0.2, 0) is 6.18 Å². The number of benzene rings is 1. The van der Waals surface area contributed by atoms with Crippen LogP contribution in [-0.4, -0.2) is 6.54 Å². The predicted octanol–water partition coefficient (Wildman–Crippen LogP) is 5.03. The van der Waals surface area contributed by atoms with Crippen molar-refractivity contribution in [2.45, 2.75) is 32.5 Å². The van der Waals surface area contributed by atoms with Crippen LogP contribution in [0.5, 0.6) is 0 Å². The van der Waals surface area contributed by atoms with Gasteiger partial charge >= 0.3 is 6.18 Å². The van der Waals surface area contributed by atoms with E-state index in [2.05, 4.69) is 12.2 Å². The highest BCUT2D eigenvalue weighted by Crippen LogP contribution is 2.33. The molecule has 0 spiro atoms. The Balaban J connectivity index is 2.22. The fraction of sp³-hybridized carbons (Fsp3) is 0.375. The second-order valence-corrected chi connectivity index (χ2v) is 4.96. The molecule has 1 heterocycles. The molecule has 2 rings (SSSR count). The van der Waals surface area contributed by atoms with Gasteiger partial charge in [-0.15, -0.1) is 0 Å². The first-order valence-electron chi connectivity index (χ1n) is 6.92. The van der Waals surface area contributed by atoms with Gasteiger partial charge in [-0.25, -0.2) is 0 Å². The molecule has 2 aromatic rings. The van der Waals surface area contributed by atoms with Crippen molar-refractivity contribution in [2.24, 2.45) is 0 Å². The number of rotatable bonds is 5. The zero-order chi connectivity index (χ0) is 15.5. The molecule has 0 saturated heterocycles. The van der Waals surface area contributed by atoms with E-state index in [1.165, 1.54) is 6.07 Å². The second kappa shape index (κ2) is 6.35. The summed E-state index contributed by atoms with van der Waals surface area (Å²) in [6.45, 7) is 4.89. The molecule has 5 heteroatoms. The molecule has 21 heavy (non-hydrogen) atoms. The fourth-order valence-electron chi connectivity index (χ4n) is 2.05. The number of hydrogen-bond acceptors (Lipinski definition) is 2. The summed E-state index contributed by atoms with van der Waals surface area (Å²) in [5.41, 5.74) is -0.242. The smallest absolute Gasteiger partial charge is 0.416 e. The summed E-state index contributed by atoms with van der Waals surface area (Å²) in [5.74, 6) is 1.16. The Morgan fingerprint density at radius 2 is 1.95 bits per heavy atom. The van der Waals surface area contributed by atoms with Gasteiger partial charge in [0.1, 0.15) is 11.5 Å². The first-order valence-corrected chi connectivity index (χ1v) is 6.92. The first kappa shape index (κ1) is 15.6. The standard InChI is InChI=1S/C16H18F3NO/c1-3-9-20-11(2)14-7-8-15(21-14)12-5-4-6-13(10-12)16(17,18)19/h4-8,10-11,20H,3,9H2,1-2H3. The minimum Gasteiger partial charge on any atom is -0.459 e. The minimum absolute atomic E-state index is 0.0319. The van der Waals surface area contributed by atoms with Gasteiger partial charge < -0.3 is 9.73 Å². The van der Waals surface area contributed by atoms with E-state index in [0.717, 1.165) is 30.9 Å². The Morgan fingerprint density at radius 1 is 1.19 bits per heavy atom. The van der Waals surface area contributed by atoms with Gasteiger partial charge in [0.15, 0.2) is 0 Å². The lowest BCUT2D eigenvalue weighted by atomic mass is 10.1. The molecule has 1 aromatic heterocycles. The lowest BCUT2D eigenvalue weighted by Gasteiger charge is -2.10. The number of hydrogen-bond donors (Lipinski definition) is 1. The van der Waals surface area contributed by atoms with Crippen molar-refractivity contribution in [1.29, 1.82) is 0 Å². The summed E-state index contributed by atoms with van der Waals surface area (Å²) in [6, 6.07) is 8.69. The fourth-order valence-corrected chi connectivity index (χ4v) is 2.05. The zero-order valence-corrected chi connectivity index (χ0v) is 12.0. The molecule has 1 aromatic carbocycles. The van der Waals surface area contributed by atoms with Crippen LogP contribution in [0.25, 0.3) is 11.3 Å². The van der Waals surface area contributed by atoms with E-state index in [1.54, 1.807) is 18.2 Å². The number of furan rings is 1. The molecule has 0 aliphatic carbocycles. The van der Waals surface area contributed by atoms with Crippen LogP contribution < -0.4 is 5.32 Å². The van der Waals surface area contributed by atoms with Crippen molar-refractivity contribution >= 4 is 0 Å². The molecular formula is C16H18F3NO. The number of nitrogens with one attached hydrogen (secondary N) is 1. The van der Waals surface area contributed by atoms with Gasteiger partial charge in [-0.3, -0.25) is 0 Å². The van der Waals surface area contributed by atoms with Crippen molar-refractivity contribution in [1.82, 2.24) is 5.32 Å². The van der Waals surface area contributed by atoms with Crippen molar-refractivity contribution < 1.29 is 17.6 Å². The molecular weight excluding hydrogens is 279 g/mol. The maximum Gasteiger partial charge on any atom is 0.416 e. The molecule has 0 aliphatic rings. The molecule has 0 radical (unpaired) electrons. The lowest BCUT2D eigenvalue weighted by Crippen LogP contribution is -2.18. The quantitative estimate of drug-likeness (QED) is 0.837. The topological polar surface area (TPSA) is 25.2 Å². The van der Waals surface area contributed by atoms with E-state index in [0.29, 0.717) is 11.3 Å². The SMILES string of the molecule is CCCNC(C)c1ccc(-c2cccc(C(F)(F)F)c2)o1. The third-order valence-electron chi connectivity index (χ3n) is 3.23. The first-order chi connectivity index (χ1) is 9.91. The molecule has 114 valence electrons. The summed E-state index contributed by atoms with van der Waals surface area (Å²) in [5, 5.41) is 3.28. The summed E-state index contributed by atoms with van der Waals surface area (Å²) in [6.07, 6.45) is -3.34. The summed E-state index contributed by atoms with van der Waals surface area (Å²) in [4.78, 5) is 0. The largest absolute Gasteiger partial charge is 0.459 e. The van der Waals surface area contributed by atoms with Gasteiger partial charge in [-0.05, 0) is 44.2 Å². The zero-order valence-electron chi connectivity index (χ0n) is 12.0. The average Bonchev–Trinajstić information content (AvgIpc) is 2.94. The van der Waals surface area contributed by atoms with Crippen molar-refractivity contribution in [2.75, 3.05) is 6.54 Å². The Hall–Kier alpha value is -1.75. The highest BCUT2D eigenvalue weighted by molar-refractivity contribution is 5.59. The van der Waals surface area contributed by atoms with Crippen LogP contribution in [0.2, 0.25) is 0 Å². The van der Waals surface area contributed by atoms with Crippen molar-refractivity contribution in [3.63, 3.8) is 0 Å². The molecule has 1 N–H and O–H groups in total. The predicted molar refractivity (Wildman–Crippen MR) is 75.9 cm³/mol. The Morgan fingerprint density at radius 3 is 2.62 bits per heavy atom. The third kappa shape index (κ3) is 3.88. The Labute approximate surface area is 122 Å². The van der Waals surface area contributed by atoms with Crippen molar-refractivity contribution in [3.8, 4) is 11.3 Å². The Kier molecular flexibility index (Phi) is 4.73. The van der Waals surface area contributed by atoms with Gasteiger partial charge in [0, 0.05) is 5.56 Å². The van der Waals surface area contributed by atoms with Gasteiger partial charge in [-0.1, -0.05) is 19.1 Å². The lowest BCUT2D eigenvalue weighted by molar-refractivity contribution is -0.137. The van der Waals surface area contributed by atoms with E-state index >= 15 is 0 Å². The molecule has 0 bridgehead atoms. The summed E-state index contributed by atoms with van der Waals surface area (Å²) >= 11 is 0. The molecule has 0 saturated carbocycles. The van der Waals surface area contributed by atoms with Gasteiger partial charge in [-0.2, -0.15) is 13.2 Å². The molecule has 0 fully saturated rings. The maximum atomic E-state index is 12.7. The van der Waals surface area contributed by atoms with Gasteiger partial charge in [0.2, 0.25) is 0 Å². The van der Waals surface area contributed by atoms with E-state index < -0.39 is 11.7 Å². The summed E-state index contributed by atoms with van der Waals surface area (Å²) < 4.78 is 43.8. The van der Waals surface area contributed by atoms with Crippen LogP contribution in [0.3, 0.4) is 0 Å². The minimum atomic E-state index is -4.35. The average molecular weight is 297 g/mol. The number of alkyl halides is 3. The van der Waals surface area contributed by atoms with E-state index in [-0.39, 0.29) is 6.04 Å². The molecule has 1 unspecified atom stereocenters. The second-order valence-electron chi connectivity index (χ2n) is 4.96. The third-order valence-corrected chi connectivity index (χ3v) is 3.23. The molecule has 0 aliphatic heterocycles. The Bertz CT molecular complexity index is 589. The maximum absolute atomic E-state index is 12.7. The van der Waals surface area contributed by atoms with Crippen LogP contribution in [0.1, 0.15) is 37.6 Å². The van der Waals surface area contributed by atoms with Gasteiger partial charge in [0.05, 0.1) is 11.6 Å². The van der Waals surface area contributed by atoms with Crippen LogP contribution in [0.4, 0.5) is 13.2 Å². The monoisotopic (exact) mass is 297 g/mol. The van der Waals surface area contributed by atoms with Crippen LogP contribution in [0.15, 0.2) is 40.8 Å². The normalized spacial score (nSPS) is 13.4. The molecule has 2 nitrogen and oxygen atoms in total. The van der Waals surface area contributed by atoms with E-state index in [4.69, 9.17) is 4.42 Å². The molecule has 0 amide bonds. The molecule has 1 atom stereocenters. The highest BCUT2D eigenvalue weighted by atomic mass is 19.4. The number of halogens is 3. The van der Waals surface area contributed by atoms with E-state index in [1.807, 2.05) is 6.92 Å². The van der Waals surface area contributed by atoms with Gasteiger partial charge in [0.25, 0.3) is 0 Å². The van der Waals surface area contributed by atoms with Crippen LogP contribution >= 0.6 is 0 Å². The van der Waals surface area contributed by atoms with Crippen LogP contribution in [0, 0.1) is 0 Å². The summed E-state index contributed by atoms with van der Waals surface area (Å²) in [7, 11) is 0. The van der Waals surface area contributed by atoms with E-state index in [9.17, 15) is 13.2 Å². The van der Waals surface area contributed by atoms with Crippen molar-refractivity contribution in [3.05, 3.63) is 47.7 Å². The highest BCUT2D eigenvalue weighted by Gasteiger charge is 2.30.